The second-order valence-corrected chi connectivity index (χ2v) is 4.51. The highest BCUT2D eigenvalue weighted by molar-refractivity contribution is 5.39. The molecule has 1 aliphatic heterocycles. The van der Waals surface area contributed by atoms with Crippen molar-refractivity contribution in [2.45, 2.75) is 32.4 Å². The topological polar surface area (TPSA) is 34.6 Å². The van der Waals surface area contributed by atoms with Crippen LogP contribution in [0.3, 0.4) is 0 Å². The Morgan fingerprint density at radius 2 is 2.05 bits per heavy atom. The lowest BCUT2D eigenvalue weighted by molar-refractivity contribution is -0.0540. The molecule has 6 heteroatoms. The van der Waals surface area contributed by atoms with E-state index in [1.807, 2.05) is 0 Å². The summed E-state index contributed by atoms with van der Waals surface area (Å²) in [6.45, 7) is -0.420. The number of methoxy groups -OCH3 is 1. The number of likely N-dealkylation sites (tertiary alicyclic amines) is 1. The number of hydrogen-bond donors (Lipinski definition) is 0. The third kappa shape index (κ3) is 3.76. The van der Waals surface area contributed by atoms with Crippen molar-refractivity contribution < 1.29 is 18.3 Å². The van der Waals surface area contributed by atoms with Gasteiger partial charge in [-0.1, -0.05) is 6.42 Å². The van der Waals surface area contributed by atoms with Crippen molar-refractivity contribution in [2.24, 2.45) is 0 Å². The van der Waals surface area contributed by atoms with Gasteiger partial charge in [-0.25, -0.2) is 4.98 Å². The van der Waals surface area contributed by atoms with Crippen molar-refractivity contribution in [1.82, 2.24) is 9.88 Å². The highest BCUT2D eigenvalue weighted by atomic mass is 19.3. The van der Waals surface area contributed by atoms with E-state index in [1.165, 1.54) is 19.7 Å². The summed E-state index contributed by atoms with van der Waals surface area (Å²) in [5.41, 5.74) is 0.590. The first-order valence-corrected chi connectivity index (χ1v) is 6.39. The number of aromatic nitrogens is 1. The standard InChI is InChI=1S/C13H18F2N2O2/c1-18-11-5-6-16-12(19-13(14)15)10(11)9-17-7-3-2-4-8-17/h5-6,13H,2-4,7-9H2,1H3. The van der Waals surface area contributed by atoms with E-state index in [0.717, 1.165) is 25.9 Å². The average Bonchev–Trinajstić information content (AvgIpc) is 2.41. The van der Waals surface area contributed by atoms with Crippen molar-refractivity contribution in [3.63, 3.8) is 0 Å². The zero-order valence-corrected chi connectivity index (χ0v) is 10.9. The van der Waals surface area contributed by atoms with Gasteiger partial charge in [-0.3, -0.25) is 4.90 Å². The number of rotatable bonds is 5. The van der Waals surface area contributed by atoms with Crippen LogP contribution < -0.4 is 9.47 Å². The number of halogens is 2. The summed E-state index contributed by atoms with van der Waals surface area (Å²) in [4.78, 5) is 6.09. The number of alkyl halides is 2. The van der Waals surface area contributed by atoms with Gasteiger partial charge in [0.05, 0.1) is 12.7 Å². The molecular weight excluding hydrogens is 254 g/mol. The van der Waals surface area contributed by atoms with Gasteiger partial charge in [0.2, 0.25) is 5.88 Å². The smallest absolute Gasteiger partial charge is 0.388 e. The van der Waals surface area contributed by atoms with Crippen LogP contribution >= 0.6 is 0 Å². The van der Waals surface area contributed by atoms with E-state index in [1.54, 1.807) is 6.07 Å². The molecule has 0 amide bonds. The molecule has 0 spiro atoms. The molecule has 19 heavy (non-hydrogen) atoms. The summed E-state index contributed by atoms with van der Waals surface area (Å²) in [5.74, 6) is 0.496. The molecule has 2 rings (SSSR count). The van der Waals surface area contributed by atoms with E-state index >= 15 is 0 Å². The average molecular weight is 272 g/mol. The van der Waals surface area contributed by atoms with E-state index in [0.29, 0.717) is 17.9 Å². The molecule has 0 atom stereocenters. The van der Waals surface area contributed by atoms with Gasteiger partial charge in [-0.2, -0.15) is 8.78 Å². The quantitative estimate of drug-likeness (QED) is 0.825. The maximum absolute atomic E-state index is 12.4. The monoisotopic (exact) mass is 272 g/mol. The third-order valence-corrected chi connectivity index (χ3v) is 3.22. The Morgan fingerprint density at radius 1 is 1.32 bits per heavy atom. The fourth-order valence-electron chi connectivity index (χ4n) is 2.32. The summed E-state index contributed by atoms with van der Waals surface area (Å²) in [6.07, 6.45) is 4.90. The molecule has 0 aliphatic carbocycles. The molecule has 0 unspecified atom stereocenters. The molecule has 4 nitrogen and oxygen atoms in total. The van der Waals surface area contributed by atoms with Crippen molar-refractivity contribution in [3.8, 4) is 11.6 Å². The Kier molecular flexibility index (Phi) is 4.90. The Hall–Kier alpha value is -1.43. The lowest BCUT2D eigenvalue weighted by Crippen LogP contribution is -2.29. The van der Waals surface area contributed by atoms with E-state index in [4.69, 9.17) is 4.74 Å². The number of nitrogens with zero attached hydrogens (tertiary/aromatic N) is 2. The van der Waals surface area contributed by atoms with E-state index < -0.39 is 6.61 Å². The second-order valence-electron chi connectivity index (χ2n) is 4.51. The number of hydrogen-bond acceptors (Lipinski definition) is 4. The van der Waals surface area contributed by atoms with Gasteiger partial charge in [0.1, 0.15) is 5.75 Å². The Bertz CT molecular complexity index is 410. The molecule has 0 radical (unpaired) electrons. The van der Waals surface area contributed by atoms with Crippen molar-refractivity contribution in [1.29, 1.82) is 0 Å². The van der Waals surface area contributed by atoms with Crippen LogP contribution in [0.15, 0.2) is 12.3 Å². The highest BCUT2D eigenvalue weighted by Crippen LogP contribution is 2.29. The SMILES string of the molecule is COc1ccnc(OC(F)F)c1CN1CCCCC1. The normalized spacial score (nSPS) is 16.6. The van der Waals surface area contributed by atoms with Crippen molar-refractivity contribution in [3.05, 3.63) is 17.8 Å². The lowest BCUT2D eigenvalue weighted by Gasteiger charge is -2.27. The second kappa shape index (κ2) is 6.65. The summed E-state index contributed by atoms with van der Waals surface area (Å²) in [6, 6.07) is 1.66. The first kappa shape index (κ1) is 14.0. The molecule has 0 saturated carbocycles. The number of ether oxygens (including phenoxy) is 2. The Morgan fingerprint density at radius 3 is 2.68 bits per heavy atom. The van der Waals surface area contributed by atoms with Crippen LogP contribution in [0.2, 0.25) is 0 Å². The van der Waals surface area contributed by atoms with Gasteiger partial charge in [0.15, 0.2) is 0 Å². The molecular formula is C13H18F2N2O2. The van der Waals surface area contributed by atoms with Crippen LogP contribution in [0, 0.1) is 0 Å². The Labute approximate surface area is 111 Å². The summed E-state index contributed by atoms with van der Waals surface area (Å²) >= 11 is 0. The van der Waals surface area contributed by atoms with Crippen LogP contribution in [0.1, 0.15) is 24.8 Å². The lowest BCUT2D eigenvalue weighted by atomic mass is 10.1. The molecule has 0 N–H and O–H groups in total. The first-order chi connectivity index (χ1) is 9.20. The first-order valence-electron chi connectivity index (χ1n) is 6.39. The third-order valence-electron chi connectivity index (χ3n) is 3.22. The Balaban J connectivity index is 2.18. The van der Waals surface area contributed by atoms with Gasteiger partial charge < -0.3 is 9.47 Å². The van der Waals surface area contributed by atoms with Crippen LogP contribution in [-0.2, 0) is 6.54 Å². The van der Waals surface area contributed by atoms with Crippen LogP contribution in [0.25, 0.3) is 0 Å². The fourth-order valence-corrected chi connectivity index (χ4v) is 2.32. The molecule has 0 aromatic carbocycles. The number of pyridine rings is 1. The van der Waals surface area contributed by atoms with E-state index in [2.05, 4.69) is 14.6 Å². The fraction of sp³-hybridized carbons (Fsp3) is 0.615. The molecule has 2 heterocycles. The minimum absolute atomic E-state index is 0.0417. The van der Waals surface area contributed by atoms with Crippen LogP contribution in [0.4, 0.5) is 8.78 Å². The van der Waals surface area contributed by atoms with Gasteiger partial charge in [0, 0.05) is 12.7 Å². The molecule has 0 bridgehead atoms. The van der Waals surface area contributed by atoms with Gasteiger partial charge in [-0.15, -0.1) is 0 Å². The predicted molar refractivity (Wildman–Crippen MR) is 66.5 cm³/mol. The summed E-state index contributed by atoms with van der Waals surface area (Å²) < 4.78 is 34.5. The molecule has 1 fully saturated rings. The van der Waals surface area contributed by atoms with Crippen LogP contribution in [0.5, 0.6) is 11.6 Å². The minimum atomic E-state index is -2.88. The van der Waals surface area contributed by atoms with Gasteiger partial charge in [-0.05, 0) is 32.0 Å². The minimum Gasteiger partial charge on any atom is -0.496 e. The largest absolute Gasteiger partial charge is 0.496 e. The maximum atomic E-state index is 12.4. The number of piperidine rings is 1. The summed E-state index contributed by atoms with van der Waals surface area (Å²) in [7, 11) is 1.52. The summed E-state index contributed by atoms with van der Waals surface area (Å²) in [5, 5.41) is 0. The molecule has 1 aliphatic rings. The zero-order valence-electron chi connectivity index (χ0n) is 10.9. The van der Waals surface area contributed by atoms with E-state index in [9.17, 15) is 8.78 Å². The highest BCUT2D eigenvalue weighted by Gasteiger charge is 2.19. The van der Waals surface area contributed by atoms with E-state index in [-0.39, 0.29) is 5.88 Å². The predicted octanol–water partition coefficient (Wildman–Crippen LogP) is 2.68. The molecule has 106 valence electrons. The van der Waals surface area contributed by atoms with Crippen LogP contribution in [-0.4, -0.2) is 36.7 Å². The van der Waals surface area contributed by atoms with Crippen molar-refractivity contribution >= 4 is 0 Å². The molecule has 1 aromatic heterocycles. The molecule has 1 aromatic rings. The van der Waals surface area contributed by atoms with Gasteiger partial charge >= 0.3 is 6.61 Å². The molecule has 1 saturated heterocycles. The van der Waals surface area contributed by atoms with Crippen molar-refractivity contribution in [2.75, 3.05) is 20.2 Å². The maximum Gasteiger partial charge on any atom is 0.388 e. The van der Waals surface area contributed by atoms with Gasteiger partial charge in [0.25, 0.3) is 0 Å². The zero-order chi connectivity index (χ0) is 13.7.